The first-order valence-corrected chi connectivity index (χ1v) is 14.3. The van der Waals surface area contributed by atoms with Gasteiger partial charge in [0.25, 0.3) is 15.9 Å². The molecule has 38 heavy (non-hydrogen) atoms. The quantitative estimate of drug-likeness (QED) is 0.132. The van der Waals surface area contributed by atoms with Crippen LogP contribution >= 0.6 is 0 Å². The van der Waals surface area contributed by atoms with Gasteiger partial charge in [-0.05, 0) is 61.4 Å². The third-order valence-electron chi connectivity index (χ3n) is 6.68. The van der Waals surface area contributed by atoms with Gasteiger partial charge in [-0.25, -0.2) is 18.2 Å². The molecule has 2 aromatic carbocycles. The maximum absolute atomic E-state index is 13.3. The predicted octanol–water partition coefficient (Wildman–Crippen LogP) is 2.62. The van der Waals surface area contributed by atoms with Crippen LogP contribution in [-0.2, 0) is 10.0 Å². The molecule has 0 spiro atoms. The van der Waals surface area contributed by atoms with Crippen molar-refractivity contribution in [2.75, 3.05) is 52.4 Å². The van der Waals surface area contributed by atoms with E-state index in [2.05, 4.69) is 15.7 Å². The molecule has 9 nitrogen and oxygen atoms in total. The van der Waals surface area contributed by atoms with E-state index in [1.807, 2.05) is 13.0 Å². The molecule has 2 N–H and O–H groups in total. The number of nitrogens with zero attached hydrogens (tertiary/aromatic N) is 4. The van der Waals surface area contributed by atoms with E-state index in [4.69, 9.17) is 17.0 Å². The van der Waals surface area contributed by atoms with E-state index in [9.17, 15) is 13.2 Å². The minimum atomic E-state index is -3.85. The molecule has 3 aromatic rings. The van der Waals surface area contributed by atoms with Gasteiger partial charge >= 0.3 is 0 Å². The standard InChI is InChI=1S/C28H35N5O4S/c1-3-13-30-17-19-31(20-18-30)15-5-21-37-25-8-11-27-24(22-25)12-16-33(27)38(35,36)26-9-6-23(7-10-26)28(34)32(29)14-4-2/h1,6-12,16,22H,4-5,13-15,17-21,29H2,2H3. The smallest absolute Gasteiger partial charge is 0.268 e. The summed E-state index contributed by atoms with van der Waals surface area (Å²) < 4.78 is 33.8. The summed E-state index contributed by atoms with van der Waals surface area (Å²) in [6, 6.07) is 13.0. The van der Waals surface area contributed by atoms with Gasteiger partial charge in [0.2, 0.25) is 0 Å². The first-order valence-electron chi connectivity index (χ1n) is 12.9. The van der Waals surface area contributed by atoms with Gasteiger partial charge < -0.3 is 9.64 Å². The molecule has 2 heterocycles. The lowest BCUT2D eigenvalue weighted by Gasteiger charge is -2.33. The number of hydrogen-bond acceptors (Lipinski definition) is 7. The number of hydrazine groups is 1. The van der Waals surface area contributed by atoms with Gasteiger partial charge in [0.15, 0.2) is 0 Å². The molecular weight excluding hydrogens is 502 g/mol. The monoisotopic (exact) mass is 537 g/mol. The van der Waals surface area contributed by atoms with Gasteiger partial charge in [-0.1, -0.05) is 12.8 Å². The minimum Gasteiger partial charge on any atom is -0.494 e. The molecule has 202 valence electrons. The Morgan fingerprint density at radius 2 is 1.79 bits per heavy atom. The summed E-state index contributed by atoms with van der Waals surface area (Å²) in [6.45, 7) is 8.62. The zero-order valence-corrected chi connectivity index (χ0v) is 22.6. The summed E-state index contributed by atoms with van der Waals surface area (Å²) in [5, 5.41) is 1.89. The van der Waals surface area contributed by atoms with Crippen molar-refractivity contribution in [3.8, 4) is 18.1 Å². The van der Waals surface area contributed by atoms with Crippen LogP contribution in [0.5, 0.6) is 5.75 Å². The second-order valence-corrected chi connectivity index (χ2v) is 11.2. The van der Waals surface area contributed by atoms with Crippen molar-refractivity contribution < 1.29 is 17.9 Å². The Morgan fingerprint density at radius 3 is 2.47 bits per heavy atom. The van der Waals surface area contributed by atoms with Crippen molar-refractivity contribution in [3.63, 3.8) is 0 Å². The number of carbonyl (C=O) groups is 1. The Labute approximate surface area is 224 Å². The van der Waals surface area contributed by atoms with Crippen molar-refractivity contribution in [1.82, 2.24) is 18.8 Å². The maximum Gasteiger partial charge on any atom is 0.268 e. The van der Waals surface area contributed by atoms with E-state index in [0.29, 0.717) is 36.5 Å². The first-order chi connectivity index (χ1) is 18.3. The molecule has 1 amide bonds. The fourth-order valence-electron chi connectivity index (χ4n) is 4.56. The highest BCUT2D eigenvalue weighted by Gasteiger charge is 2.21. The van der Waals surface area contributed by atoms with E-state index in [-0.39, 0.29) is 10.8 Å². The Balaban J connectivity index is 1.36. The summed E-state index contributed by atoms with van der Waals surface area (Å²) in [7, 11) is -3.85. The number of rotatable bonds is 11. The fourth-order valence-corrected chi connectivity index (χ4v) is 5.92. The summed E-state index contributed by atoms with van der Waals surface area (Å²) >= 11 is 0. The third kappa shape index (κ3) is 6.37. The summed E-state index contributed by atoms with van der Waals surface area (Å²) in [4.78, 5) is 17.2. The third-order valence-corrected chi connectivity index (χ3v) is 8.38. The molecule has 0 saturated carbocycles. The van der Waals surface area contributed by atoms with Gasteiger partial charge in [0.05, 0.1) is 23.6 Å². The average Bonchev–Trinajstić information content (AvgIpc) is 3.36. The highest BCUT2D eigenvalue weighted by atomic mass is 32.2. The number of hydrogen-bond donors (Lipinski definition) is 1. The Kier molecular flexibility index (Phi) is 9.07. The molecule has 1 aliphatic rings. The molecule has 1 aromatic heterocycles. The summed E-state index contributed by atoms with van der Waals surface area (Å²) in [5.41, 5.74) is 0.892. The van der Waals surface area contributed by atoms with Crippen LogP contribution in [0.25, 0.3) is 10.9 Å². The van der Waals surface area contributed by atoms with Crippen LogP contribution < -0.4 is 10.6 Å². The SMILES string of the molecule is C#CCN1CCN(CCCOc2ccc3c(ccn3S(=O)(=O)c3ccc(C(=O)N(N)CCC)cc3)c2)CC1. The van der Waals surface area contributed by atoms with Gasteiger partial charge in [0.1, 0.15) is 5.75 Å². The van der Waals surface area contributed by atoms with Crippen LogP contribution in [0.2, 0.25) is 0 Å². The highest BCUT2D eigenvalue weighted by molar-refractivity contribution is 7.90. The Morgan fingerprint density at radius 1 is 1.08 bits per heavy atom. The molecule has 1 fully saturated rings. The van der Waals surface area contributed by atoms with E-state index < -0.39 is 10.0 Å². The molecule has 0 aliphatic carbocycles. The second kappa shape index (κ2) is 12.5. The Hall–Kier alpha value is -3.36. The maximum atomic E-state index is 13.3. The van der Waals surface area contributed by atoms with Crippen molar-refractivity contribution in [2.45, 2.75) is 24.7 Å². The largest absolute Gasteiger partial charge is 0.494 e. The van der Waals surface area contributed by atoms with Gasteiger partial charge in [-0.15, -0.1) is 6.42 Å². The molecule has 1 aliphatic heterocycles. The van der Waals surface area contributed by atoms with Crippen molar-refractivity contribution in [3.05, 3.63) is 60.3 Å². The molecule has 0 radical (unpaired) electrons. The first kappa shape index (κ1) is 27.7. The summed E-state index contributed by atoms with van der Waals surface area (Å²) in [6.07, 6.45) is 8.56. The topological polar surface area (TPSA) is 101 Å². The van der Waals surface area contributed by atoms with Crippen LogP contribution in [0.3, 0.4) is 0 Å². The molecule has 0 atom stereocenters. The minimum absolute atomic E-state index is 0.0889. The molecule has 0 unspecified atom stereocenters. The van der Waals surface area contributed by atoms with Crippen LogP contribution in [-0.4, -0.2) is 85.5 Å². The van der Waals surface area contributed by atoms with Crippen LogP contribution in [0.15, 0.2) is 59.6 Å². The van der Waals surface area contributed by atoms with E-state index in [0.717, 1.165) is 56.0 Å². The van der Waals surface area contributed by atoms with Crippen LogP contribution in [0.1, 0.15) is 30.1 Å². The fraction of sp³-hybridized carbons (Fsp3) is 0.393. The van der Waals surface area contributed by atoms with Crippen LogP contribution in [0, 0.1) is 12.3 Å². The predicted molar refractivity (Wildman–Crippen MR) is 148 cm³/mol. The van der Waals surface area contributed by atoms with Crippen molar-refractivity contribution in [1.29, 1.82) is 0 Å². The number of piperazine rings is 1. The van der Waals surface area contributed by atoms with Gasteiger partial charge in [0, 0.05) is 56.4 Å². The summed E-state index contributed by atoms with van der Waals surface area (Å²) in [5.74, 6) is 8.82. The van der Waals surface area contributed by atoms with E-state index in [1.165, 1.54) is 34.4 Å². The number of ether oxygens (including phenoxy) is 1. The molecular formula is C28H35N5O4S. The van der Waals surface area contributed by atoms with Gasteiger partial charge in [-0.2, -0.15) is 0 Å². The lowest BCUT2D eigenvalue weighted by Crippen LogP contribution is -2.46. The van der Waals surface area contributed by atoms with E-state index >= 15 is 0 Å². The van der Waals surface area contributed by atoms with Gasteiger partial charge in [-0.3, -0.25) is 14.7 Å². The number of nitrogens with two attached hydrogens (primary N) is 1. The average molecular weight is 538 g/mol. The number of terminal acetylenes is 1. The molecule has 10 heteroatoms. The lowest BCUT2D eigenvalue weighted by atomic mass is 10.2. The molecule has 1 saturated heterocycles. The van der Waals surface area contributed by atoms with Crippen LogP contribution in [0.4, 0.5) is 0 Å². The normalized spacial score (nSPS) is 14.9. The zero-order valence-electron chi connectivity index (χ0n) is 21.8. The second-order valence-electron chi connectivity index (χ2n) is 9.38. The zero-order chi connectivity index (χ0) is 27.1. The number of aromatic nitrogens is 1. The number of amides is 1. The van der Waals surface area contributed by atoms with Crippen molar-refractivity contribution in [2.24, 2.45) is 5.84 Å². The number of benzene rings is 2. The van der Waals surface area contributed by atoms with E-state index in [1.54, 1.807) is 18.2 Å². The molecule has 0 bridgehead atoms. The number of fused-ring (bicyclic) bond motifs is 1. The molecule has 4 rings (SSSR count). The lowest BCUT2D eigenvalue weighted by molar-refractivity contribution is 0.0755. The van der Waals surface area contributed by atoms with Crippen molar-refractivity contribution >= 4 is 26.8 Å². The number of carbonyl (C=O) groups excluding carboxylic acids is 1. The highest BCUT2D eigenvalue weighted by Crippen LogP contribution is 2.26. The Bertz CT molecular complexity index is 1390.